The van der Waals surface area contributed by atoms with Crippen LogP contribution in [0.3, 0.4) is 0 Å². The lowest BCUT2D eigenvalue weighted by Crippen LogP contribution is -2.62. The maximum atomic E-state index is 14.3. The Morgan fingerprint density at radius 2 is 1.86 bits per heavy atom. The standard InChI is InChI=1S/C18H20ClF3N2O4/c1-5-27-14(25)17(18(20,21)22,24-15(26)28-16(2,3)4)12-9-23-13-7-6-10(19)8-11(12)13/h6-9,23H,5H2,1-4H3,(H,24,26)/t17-/m1/s1. The molecule has 28 heavy (non-hydrogen) atoms. The van der Waals surface area contributed by atoms with E-state index in [2.05, 4.69) is 4.98 Å². The number of aromatic amines is 1. The van der Waals surface area contributed by atoms with Crippen molar-refractivity contribution in [3.8, 4) is 0 Å². The van der Waals surface area contributed by atoms with E-state index in [4.69, 9.17) is 21.1 Å². The van der Waals surface area contributed by atoms with Gasteiger partial charge in [-0.2, -0.15) is 13.2 Å². The molecule has 6 nitrogen and oxygen atoms in total. The highest BCUT2D eigenvalue weighted by Gasteiger charge is 2.65. The summed E-state index contributed by atoms with van der Waals surface area (Å²) in [6, 6.07) is 4.20. The minimum atomic E-state index is -5.24. The molecular formula is C18H20ClF3N2O4. The normalized spacial score (nSPS) is 14.4. The number of H-pyrrole nitrogens is 1. The molecule has 0 spiro atoms. The number of benzene rings is 1. The summed E-state index contributed by atoms with van der Waals surface area (Å²) in [5, 5.41) is 1.87. The van der Waals surface area contributed by atoms with E-state index < -0.39 is 34.9 Å². The van der Waals surface area contributed by atoms with E-state index >= 15 is 0 Å². The Morgan fingerprint density at radius 3 is 2.39 bits per heavy atom. The van der Waals surface area contributed by atoms with Gasteiger partial charge in [0.2, 0.25) is 0 Å². The predicted octanol–water partition coefficient (Wildman–Crippen LogP) is 4.67. The molecule has 1 aromatic carbocycles. The zero-order chi connectivity index (χ0) is 21.3. The molecule has 0 bridgehead atoms. The number of hydrogen-bond acceptors (Lipinski definition) is 4. The summed E-state index contributed by atoms with van der Waals surface area (Å²) >= 11 is 5.92. The molecule has 0 aliphatic heterocycles. The quantitative estimate of drug-likeness (QED) is 0.704. The molecule has 154 valence electrons. The van der Waals surface area contributed by atoms with Crippen LogP contribution in [0, 0.1) is 0 Å². The van der Waals surface area contributed by atoms with E-state index in [1.165, 1.54) is 45.9 Å². The fourth-order valence-electron chi connectivity index (χ4n) is 2.67. The van der Waals surface area contributed by atoms with Gasteiger partial charge in [-0.3, -0.25) is 5.32 Å². The first kappa shape index (κ1) is 21.9. The molecule has 0 radical (unpaired) electrons. The second kappa shape index (κ2) is 7.54. The molecule has 2 rings (SSSR count). The third-order valence-electron chi connectivity index (χ3n) is 3.74. The Balaban J connectivity index is 2.73. The molecule has 0 fully saturated rings. The number of alkyl carbamates (subject to hydrolysis) is 1. The van der Waals surface area contributed by atoms with Gasteiger partial charge in [0.15, 0.2) is 0 Å². The number of nitrogens with one attached hydrogen (secondary N) is 2. The average molecular weight is 421 g/mol. The van der Waals surface area contributed by atoms with E-state index in [0.717, 1.165) is 6.20 Å². The van der Waals surface area contributed by atoms with Gasteiger partial charge in [0, 0.05) is 27.7 Å². The SMILES string of the molecule is CCOC(=O)[C@](NC(=O)OC(C)(C)C)(c1c[nH]c2ccc(Cl)cc12)C(F)(F)F. The van der Waals surface area contributed by atoms with Gasteiger partial charge in [-0.1, -0.05) is 11.6 Å². The molecule has 0 saturated carbocycles. The summed E-state index contributed by atoms with van der Waals surface area (Å²) in [6.45, 7) is 5.49. The number of fused-ring (bicyclic) bond motifs is 1. The van der Waals surface area contributed by atoms with Crippen LogP contribution in [0.2, 0.25) is 5.02 Å². The highest BCUT2D eigenvalue weighted by Crippen LogP contribution is 2.43. The van der Waals surface area contributed by atoms with Gasteiger partial charge in [0.25, 0.3) is 5.54 Å². The van der Waals surface area contributed by atoms with Gasteiger partial charge in [0.05, 0.1) is 6.61 Å². The van der Waals surface area contributed by atoms with Crippen LogP contribution in [-0.2, 0) is 19.8 Å². The maximum absolute atomic E-state index is 14.3. The number of esters is 1. The van der Waals surface area contributed by atoms with Gasteiger partial charge in [-0.25, -0.2) is 9.59 Å². The predicted molar refractivity (Wildman–Crippen MR) is 97.0 cm³/mol. The van der Waals surface area contributed by atoms with Crippen LogP contribution in [0.5, 0.6) is 0 Å². The summed E-state index contributed by atoms with van der Waals surface area (Å²) in [7, 11) is 0. The number of amides is 1. The van der Waals surface area contributed by atoms with Gasteiger partial charge in [-0.05, 0) is 45.9 Å². The lowest BCUT2D eigenvalue weighted by molar-refractivity contribution is -0.215. The largest absolute Gasteiger partial charge is 0.464 e. The summed E-state index contributed by atoms with van der Waals surface area (Å²) in [5.41, 5.74) is -4.83. The van der Waals surface area contributed by atoms with Crippen LogP contribution in [0.4, 0.5) is 18.0 Å². The molecule has 1 heterocycles. The monoisotopic (exact) mass is 420 g/mol. The smallest absolute Gasteiger partial charge is 0.427 e. The Morgan fingerprint density at radius 1 is 1.21 bits per heavy atom. The Kier molecular flexibility index (Phi) is 5.89. The van der Waals surface area contributed by atoms with Crippen molar-refractivity contribution >= 4 is 34.6 Å². The fourth-order valence-corrected chi connectivity index (χ4v) is 2.84. The van der Waals surface area contributed by atoms with E-state index in [9.17, 15) is 22.8 Å². The van der Waals surface area contributed by atoms with E-state index in [1.54, 1.807) is 5.32 Å². The van der Waals surface area contributed by atoms with Crippen molar-refractivity contribution in [2.45, 2.75) is 45.0 Å². The third-order valence-corrected chi connectivity index (χ3v) is 3.98. The molecule has 0 aliphatic rings. The van der Waals surface area contributed by atoms with Crippen molar-refractivity contribution in [2.75, 3.05) is 6.61 Å². The van der Waals surface area contributed by atoms with Gasteiger partial charge in [0.1, 0.15) is 5.60 Å². The minimum Gasteiger partial charge on any atom is -0.464 e. The molecule has 2 aromatic rings. The lowest BCUT2D eigenvalue weighted by Gasteiger charge is -2.34. The van der Waals surface area contributed by atoms with Gasteiger partial charge >= 0.3 is 18.2 Å². The second-order valence-electron chi connectivity index (χ2n) is 6.99. The number of alkyl halides is 3. The zero-order valence-electron chi connectivity index (χ0n) is 15.7. The molecule has 10 heteroatoms. The summed E-state index contributed by atoms with van der Waals surface area (Å²) in [5.74, 6) is -1.69. The number of carbonyl (C=O) groups excluding carboxylic acids is 2. The molecule has 1 atom stereocenters. The number of halogens is 4. The number of hydrogen-bond donors (Lipinski definition) is 2. The molecule has 0 unspecified atom stereocenters. The van der Waals surface area contributed by atoms with E-state index in [-0.39, 0.29) is 17.0 Å². The second-order valence-corrected chi connectivity index (χ2v) is 7.42. The van der Waals surface area contributed by atoms with Crippen LogP contribution in [0.25, 0.3) is 10.9 Å². The third kappa shape index (κ3) is 4.19. The summed E-state index contributed by atoms with van der Waals surface area (Å²) in [4.78, 5) is 27.5. The number of rotatable bonds is 4. The van der Waals surface area contributed by atoms with E-state index in [0.29, 0.717) is 5.52 Å². The van der Waals surface area contributed by atoms with Crippen LogP contribution in [0.1, 0.15) is 33.3 Å². The summed E-state index contributed by atoms with van der Waals surface area (Å²) in [6.07, 6.45) is -5.68. The highest BCUT2D eigenvalue weighted by molar-refractivity contribution is 6.31. The van der Waals surface area contributed by atoms with Crippen LogP contribution in [0.15, 0.2) is 24.4 Å². The van der Waals surface area contributed by atoms with Crippen LogP contribution in [-0.4, -0.2) is 35.4 Å². The van der Waals surface area contributed by atoms with Crippen molar-refractivity contribution in [1.29, 1.82) is 0 Å². The first-order chi connectivity index (χ1) is 12.8. The van der Waals surface area contributed by atoms with Crippen molar-refractivity contribution in [1.82, 2.24) is 10.3 Å². The molecule has 1 aromatic heterocycles. The number of ether oxygens (including phenoxy) is 2. The zero-order valence-corrected chi connectivity index (χ0v) is 16.4. The Hall–Kier alpha value is -2.42. The minimum absolute atomic E-state index is 0.00827. The van der Waals surface area contributed by atoms with Gasteiger partial charge in [-0.15, -0.1) is 0 Å². The van der Waals surface area contributed by atoms with Crippen molar-refractivity contribution in [2.24, 2.45) is 0 Å². The Bertz CT molecular complexity index is 889. The maximum Gasteiger partial charge on any atom is 0.427 e. The fraction of sp³-hybridized carbons (Fsp3) is 0.444. The van der Waals surface area contributed by atoms with Crippen LogP contribution < -0.4 is 5.32 Å². The van der Waals surface area contributed by atoms with Gasteiger partial charge < -0.3 is 14.5 Å². The van der Waals surface area contributed by atoms with Crippen molar-refractivity contribution in [3.63, 3.8) is 0 Å². The highest BCUT2D eigenvalue weighted by atomic mass is 35.5. The van der Waals surface area contributed by atoms with Crippen molar-refractivity contribution < 1.29 is 32.2 Å². The summed E-state index contributed by atoms with van der Waals surface area (Å²) < 4.78 is 52.6. The lowest BCUT2D eigenvalue weighted by atomic mass is 9.88. The Labute approximate surface area is 164 Å². The average Bonchev–Trinajstić information content (AvgIpc) is 2.93. The molecule has 0 aliphatic carbocycles. The molecule has 0 saturated heterocycles. The van der Waals surface area contributed by atoms with Crippen LogP contribution >= 0.6 is 11.6 Å². The topological polar surface area (TPSA) is 80.4 Å². The number of carbonyl (C=O) groups is 2. The first-order valence-electron chi connectivity index (χ1n) is 8.34. The van der Waals surface area contributed by atoms with Crippen molar-refractivity contribution in [3.05, 3.63) is 35.0 Å². The molecule has 2 N–H and O–H groups in total. The molecule has 1 amide bonds. The first-order valence-corrected chi connectivity index (χ1v) is 8.72. The molecular weight excluding hydrogens is 401 g/mol. The number of aromatic nitrogens is 1. The van der Waals surface area contributed by atoms with E-state index in [1.807, 2.05) is 0 Å².